The Labute approximate surface area is 171 Å². The van der Waals surface area contributed by atoms with Gasteiger partial charge in [0.15, 0.2) is 0 Å². The number of hydrogen-bond acceptors (Lipinski definition) is 3. The van der Waals surface area contributed by atoms with Crippen molar-refractivity contribution in [3.05, 3.63) is 30.1 Å². The fraction of sp³-hybridized carbons (Fsp3) is 0.591. The van der Waals surface area contributed by atoms with E-state index in [1.54, 1.807) is 0 Å². The SMILES string of the molecule is O=C(NCCCC(=O)N1CCCC1c1nc2ccccc2[nH]1)NC1CCCCC1. The van der Waals surface area contributed by atoms with E-state index in [2.05, 4.69) is 20.6 Å². The largest absolute Gasteiger partial charge is 0.340 e. The number of fused-ring (bicyclic) bond motifs is 1. The minimum atomic E-state index is -0.106. The van der Waals surface area contributed by atoms with Crippen LogP contribution in [0.3, 0.4) is 0 Å². The molecule has 29 heavy (non-hydrogen) atoms. The van der Waals surface area contributed by atoms with E-state index in [0.717, 1.165) is 49.1 Å². The maximum atomic E-state index is 12.8. The second-order valence-corrected chi connectivity index (χ2v) is 8.22. The molecule has 3 N–H and O–H groups in total. The Hall–Kier alpha value is -2.57. The van der Waals surface area contributed by atoms with Gasteiger partial charge in [0.1, 0.15) is 5.82 Å². The summed E-state index contributed by atoms with van der Waals surface area (Å²) in [6.45, 7) is 1.30. The molecule has 7 heteroatoms. The number of likely N-dealkylation sites (tertiary alicyclic amines) is 1. The molecule has 1 saturated heterocycles. The van der Waals surface area contributed by atoms with Crippen molar-refractivity contribution in [3.63, 3.8) is 0 Å². The summed E-state index contributed by atoms with van der Waals surface area (Å²) < 4.78 is 0. The van der Waals surface area contributed by atoms with Crippen molar-refractivity contribution in [2.45, 2.75) is 69.9 Å². The van der Waals surface area contributed by atoms with Crippen LogP contribution < -0.4 is 10.6 Å². The van der Waals surface area contributed by atoms with E-state index in [1.807, 2.05) is 29.2 Å². The molecule has 156 valence electrons. The molecule has 0 radical (unpaired) electrons. The average molecular weight is 398 g/mol. The summed E-state index contributed by atoms with van der Waals surface area (Å²) >= 11 is 0. The van der Waals surface area contributed by atoms with Gasteiger partial charge in [-0.1, -0.05) is 31.4 Å². The predicted molar refractivity (Wildman–Crippen MR) is 112 cm³/mol. The van der Waals surface area contributed by atoms with Crippen molar-refractivity contribution in [1.82, 2.24) is 25.5 Å². The number of urea groups is 1. The summed E-state index contributed by atoms with van der Waals surface area (Å²) in [6.07, 6.45) is 8.84. The zero-order chi connectivity index (χ0) is 20.1. The Morgan fingerprint density at radius 1 is 1.10 bits per heavy atom. The molecule has 4 rings (SSSR count). The van der Waals surface area contributed by atoms with Gasteiger partial charge in [0.2, 0.25) is 5.91 Å². The summed E-state index contributed by atoms with van der Waals surface area (Å²) in [5.74, 6) is 1.02. The van der Waals surface area contributed by atoms with Crippen LogP contribution in [0.15, 0.2) is 24.3 Å². The Bertz CT molecular complexity index is 810. The van der Waals surface area contributed by atoms with Gasteiger partial charge in [-0.3, -0.25) is 4.79 Å². The predicted octanol–water partition coefficient (Wildman–Crippen LogP) is 3.64. The number of nitrogens with one attached hydrogen (secondary N) is 3. The first-order valence-corrected chi connectivity index (χ1v) is 11.0. The van der Waals surface area contributed by atoms with Gasteiger partial charge in [-0.15, -0.1) is 0 Å². The third-order valence-electron chi connectivity index (χ3n) is 6.09. The maximum Gasteiger partial charge on any atom is 0.315 e. The number of rotatable bonds is 6. The van der Waals surface area contributed by atoms with Crippen molar-refractivity contribution in [2.75, 3.05) is 13.1 Å². The Balaban J connectivity index is 1.23. The molecule has 0 bridgehead atoms. The maximum absolute atomic E-state index is 12.8. The third-order valence-corrected chi connectivity index (χ3v) is 6.09. The minimum absolute atomic E-state index is 0.0254. The lowest BCUT2D eigenvalue weighted by atomic mass is 9.96. The summed E-state index contributed by atoms with van der Waals surface area (Å²) in [6, 6.07) is 8.18. The van der Waals surface area contributed by atoms with Crippen LogP contribution in [0.25, 0.3) is 11.0 Å². The molecule has 1 unspecified atom stereocenters. The van der Waals surface area contributed by atoms with Gasteiger partial charge >= 0.3 is 6.03 Å². The number of H-pyrrole nitrogens is 1. The number of aromatic nitrogens is 2. The number of carbonyl (C=O) groups excluding carboxylic acids is 2. The normalized spacial score (nSPS) is 20.1. The fourth-order valence-electron chi connectivity index (χ4n) is 4.55. The van der Waals surface area contributed by atoms with Gasteiger partial charge < -0.3 is 20.5 Å². The lowest BCUT2D eigenvalue weighted by Crippen LogP contribution is -2.43. The number of carbonyl (C=O) groups is 2. The highest BCUT2D eigenvalue weighted by Gasteiger charge is 2.31. The molecule has 2 fully saturated rings. The molecular weight excluding hydrogens is 366 g/mol. The van der Waals surface area contributed by atoms with Crippen LogP contribution in [0.2, 0.25) is 0 Å². The number of para-hydroxylation sites is 2. The average Bonchev–Trinajstić information content (AvgIpc) is 3.38. The van der Waals surface area contributed by atoms with Crippen molar-refractivity contribution in [1.29, 1.82) is 0 Å². The molecule has 0 spiro atoms. The lowest BCUT2D eigenvalue weighted by Gasteiger charge is -2.24. The monoisotopic (exact) mass is 397 g/mol. The minimum Gasteiger partial charge on any atom is -0.340 e. The van der Waals surface area contributed by atoms with E-state index in [-0.39, 0.29) is 18.0 Å². The Morgan fingerprint density at radius 3 is 2.76 bits per heavy atom. The molecule has 1 aliphatic carbocycles. The van der Waals surface area contributed by atoms with Crippen molar-refractivity contribution < 1.29 is 9.59 Å². The van der Waals surface area contributed by atoms with Crippen LogP contribution in [0.4, 0.5) is 4.79 Å². The third kappa shape index (κ3) is 4.89. The molecular formula is C22H31N5O2. The first kappa shape index (κ1) is 19.7. The van der Waals surface area contributed by atoms with E-state index >= 15 is 0 Å². The Kier molecular flexibility index (Phi) is 6.32. The van der Waals surface area contributed by atoms with Crippen molar-refractivity contribution in [2.24, 2.45) is 0 Å². The van der Waals surface area contributed by atoms with Crippen LogP contribution in [-0.2, 0) is 4.79 Å². The molecule has 7 nitrogen and oxygen atoms in total. The highest BCUT2D eigenvalue weighted by atomic mass is 16.2. The van der Waals surface area contributed by atoms with Crippen LogP contribution in [0, 0.1) is 0 Å². The molecule has 1 aromatic carbocycles. The Morgan fingerprint density at radius 2 is 1.93 bits per heavy atom. The van der Waals surface area contributed by atoms with Crippen molar-refractivity contribution >= 4 is 23.0 Å². The fourth-order valence-corrected chi connectivity index (χ4v) is 4.55. The summed E-state index contributed by atoms with van der Waals surface area (Å²) in [7, 11) is 0. The van der Waals surface area contributed by atoms with E-state index < -0.39 is 0 Å². The number of imidazole rings is 1. The molecule has 1 atom stereocenters. The van der Waals surface area contributed by atoms with Crippen LogP contribution in [0.1, 0.15) is 69.7 Å². The first-order chi connectivity index (χ1) is 14.2. The number of aromatic amines is 1. The quantitative estimate of drug-likeness (QED) is 0.650. The molecule has 2 heterocycles. The topological polar surface area (TPSA) is 90.1 Å². The van der Waals surface area contributed by atoms with E-state index in [1.165, 1.54) is 19.3 Å². The first-order valence-electron chi connectivity index (χ1n) is 11.0. The van der Waals surface area contributed by atoms with Gasteiger partial charge in [0.25, 0.3) is 0 Å². The molecule has 2 aromatic rings. The number of hydrogen-bond donors (Lipinski definition) is 3. The summed E-state index contributed by atoms with van der Waals surface area (Å²) in [4.78, 5) is 34.8. The number of benzene rings is 1. The van der Waals surface area contributed by atoms with Crippen LogP contribution >= 0.6 is 0 Å². The second-order valence-electron chi connectivity index (χ2n) is 8.22. The zero-order valence-electron chi connectivity index (χ0n) is 17.0. The number of amides is 3. The van der Waals surface area contributed by atoms with Gasteiger partial charge in [0.05, 0.1) is 17.1 Å². The highest BCUT2D eigenvalue weighted by molar-refractivity contribution is 5.78. The molecule has 1 aliphatic heterocycles. The zero-order valence-corrected chi connectivity index (χ0v) is 17.0. The lowest BCUT2D eigenvalue weighted by molar-refractivity contribution is -0.132. The summed E-state index contributed by atoms with van der Waals surface area (Å²) in [5.41, 5.74) is 1.95. The molecule has 3 amide bonds. The molecule has 1 saturated carbocycles. The smallest absolute Gasteiger partial charge is 0.315 e. The van der Waals surface area contributed by atoms with Gasteiger partial charge in [-0.2, -0.15) is 0 Å². The summed E-state index contributed by atoms with van der Waals surface area (Å²) in [5, 5.41) is 5.94. The van der Waals surface area contributed by atoms with E-state index in [4.69, 9.17) is 0 Å². The van der Waals surface area contributed by atoms with Crippen LogP contribution in [0.5, 0.6) is 0 Å². The van der Waals surface area contributed by atoms with E-state index in [9.17, 15) is 9.59 Å². The van der Waals surface area contributed by atoms with Gasteiger partial charge in [-0.25, -0.2) is 9.78 Å². The highest BCUT2D eigenvalue weighted by Crippen LogP contribution is 2.32. The molecule has 2 aliphatic rings. The second kappa shape index (κ2) is 9.29. The van der Waals surface area contributed by atoms with Crippen molar-refractivity contribution in [3.8, 4) is 0 Å². The molecule has 1 aromatic heterocycles. The number of nitrogens with zero attached hydrogens (tertiary/aromatic N) is 2. The van der Waals surface area contributed by atoms with Gasteiger partial charge in [0, 0.05) is 25.6 Å². The van der Waals surface area contributed by atoms with E-state index in [0.29, 0.717) is 25.4 Å². The van der Waals surface area contributed by atoms with Crippen LogP contribution in [-0.4, -0.2) is 45.9 Å². The van der Waals surface area contributed by atoms with Gasteiger partial charge in [-0.05, 0) is 44.2 Å². The standard InChI is InChI=1S/C22H31N5O2/c28-20(13-6-14-23-22(29)24-16-8-2-1-3-9-16)27-15-7-12-19(27)21-25-17-10-4-5-11-18(17)26-21/h4-5,10-11,16,19H,1-3,6-9,12-15H2,(H,25,26)(H2,23,24,29).